The molecule has 180 valence electrons. The number of rotatable bonds is 6. The lowest BCUT2D eigenvalue weighted by atomic mass is 9.93. The number of alkyl halides is 3. The summed E-state index contributed by atoms with van der Waals surface area (Å²) in [5, 5.41) is 4.75. The van der Waals surface area contributed by atoms with E-state index in [4.69, 9.17) is 7.85 Å². The summed E-state index contributed by atoms with van der Waals surface area (Å²) in [6.07, 6.45) is -0.0161. The van der Waals surface area contributed by atoms with Gasteiger partial charge in [-0.15, -0.1) is 0 Å². The minimum atomic E-state index is -4.58. The first-order valence-electron chi connectivity index (χ1n) is 11.0. The molecule has 0 aromatic carbocycles. The van der Waals surface area contributed by atoms with E-state index in [0.29, 0.717) is 48.4 Å². The van der Waals surface area contributed by atoms with Gasteiger partial charge in [-0.3, -0.25) is 9.69 Å². The lowest BCUT2D eigenvalue weighted by Crippen LogP contribution is -2.51. The van der Waals surface area contributed by atoms with Crippen LogP contribution in [0.15, 0.2) is 47.6 Å². The smallest absolute Gasteiger partial charge is 0.366 e. The Kier molecular flexibility index (Phi) is 7.43. The molecule has 1 aromatic rings. The molecule has 2 N–H and O–H groups in total. The summed E-state index contributed by atoms with van der Waals surface area (Å²) in [7, 11) is 5.92. The molecular formula is C23H27BF3N5O2. The van der Waals surface area contributed by atoms with Crippen LogP contribution in [0.5, 0.6) is 0 Å². The summed E-state index contributed by atoms with van der Waals surface area (Å²) in [6.45, 7) is 9.78. The van der Waals surface area contributed by atoms with Crippen LogP contribution in [0.1, 0.15) is 44.1 Å². The maximum Gasteiger partial charge on any atom is 0.408 e. The molecule has 3 rings (SSSR count). The van der Waals surface area contributed by atoms with E-state index in [2.05, 4.69) is 16.9 Å². The number of hydrogen-bond acceptors (Lipinski definition) is 4. The van der Waals surface area contributed by atoms with Crippen LogP contribution in [0, 0.1) is 0 Å². The summed E-state index contributed by atoms with van der Waals surface area (Å²) in [5.74, 6) is -0.749. The fraction of sp³-hybridized carbons (Fsp3) is 0.435. The average molecular weight is 473 g/mol. The zero-order chi connectivity index (χ0) is 25.2. The van der Waals surface area contributed by atoms with Gasteiger partial charge < -0.3 is 15.5 Å². The van der Waals surface area contributed by atoms with Gasteiger partial charge in [-0.05, 0) is 50.5 Å². The number of hydrogen-bond donors (Lipinski definition) is 2. The molecule has 2 bridgehead atoms. The number of aromatic nitrogens is 1. The zero-order valence-corrected chi connectivity index (χ0v) is 19.4. The number of amides is 3. The number of allylic oxidation sites excluding steroid dienone is 4. The first-order chi connectivity index (χ1) is 16.0. The van der Waals surface area contributed by atoms with Crippen LogP contribution in [-0.4, -0.2) is 56.1 Å². The number of carbonyl (C=O) groups is 2. The predicted octanol–water partition coefficient (Wildman–Crippen LogP) is 3.79. The van der Waals surface area contributed by atoms with Crippen molar-refractivity contribution in [2.45, 2.75) is 51.9 Å². The average Bonchev–Trinajstić information content (AvgIpc) is 3.21. The van der Waals surface area contributed by atoms with Crippen molar-refractivity contribution in [2.24, 2.45) is 0 Å². The first kappa shape index (κ1) is 25.4. The largest absolute Gasteiger partial charge is 0.408 e. The van der Waals surface area contributed by atoms with Gasteiger partial charge in [0.2, 0.25) is 0 Å². The Morgan fingerprint density at radius 1 is 1.38 bits per heavy atom. The van der Waals surface area contributed by atoms with Crippen LogP contribution in [0.3, 0.4) is 0 Å². The Morgan fingerprint density at radius 2 is 2.09 bits per heavy atom. The third kappa shape index (κ3) is 5.29. The molecule has 1 unspecified atom stereocenters. The Bertz CT molecular complexity index is 1050. The van der Waals surface area contributed by atoms with Crippen molar-refractivity contribution in [3.8, 4) is 0 Å². The molecule has 2 radical (unpaired) electrons. The molecule has 0 saturated carbocycles. The van der Waals surface area contributed by atoms with Gasteiger partial charge in [0, 0.05) is 18.8 Å². The van der Waals surface area contributed by atoms with Crippen LogP contribution in [0.4, 0.5) is 29.5 Å². The van der Waals surface area contributed by atoms with E-state index in [1.54, 1.807) is 25.1 Å². The lowest BCUT2D eigenvalue weighted by molar-refractivity contribution is -0.149. The van der Waals surface area contributed by atoms with Crippen molar-refractivity contribution >= 4 is 31.3 Å². The summed E-state index contributed by atoms with van der Waals surface area (Å²) in [5.41, 5.74) is 2.01. The molecule has 0 spiro atoms. The monoisotopic (exact) mass is 473 g/mol. The van der Waals surface area contributed by atoms with Crippen LogP contribution in [0.2, 0.25) is 0 Å². The van der Waals surface area contributed by atoms with Crippen LogP contribution < -0.4 is 20.4 Å². The summed E-state index contributed by atoms with van der Waals surface area (Å²) >= 11 is 0. The Balaban J connectivity index is 1.94. The minimum Gasteiger partial charge on any atom is -0.366 e. The molecular weight excluding hydrogens is 446 g/mol. The van der Waals surface area contributed by atoms with E-state index in [1.165, 1.54) is 11.0 Å². The number of carbonyl (C=O) groups excluding carboxylic acids is 2. The number of nitrogens with one attached hydrogen (secondary N) is 2. The molecule has 2 aliphatic heterocycles. The normalized spacial score (nSPS) is 18.9. The zero-order valence-electron chi connectivity index (χ0n) is 19.4. The van der Waals surface area contributed by atoms with Crippen LogP contribution in [0.25, 0.3) is 0 Å². The third-order valence-electron chi connectivity index (χ3n) is 5.94. The molecule has 7 nitrogen and oxygen atoms in total. The Morgan fingerprint density at radius 3 is 2.71 bits per heavy atom. The molecule has 3 amide bonds. The third-order valence-corrected chi connectivity index (χ3v) is 5.94. The van der Waals surface area contributed by atoms with E-state index in [1.807, 2.05) is 17.1 Å². The lowest BCUT2D eigenvalue weighted by Gasteiger charge is -2.36. The van der Waals surface area contributed by atoms with Crippen molar-refractivity contribution in [1.29, 1.82) is 0 Å². The fourth-order valence-corrected chi connectivity index (χ4v) is 3.79. The first-order valence-corrected chi connectivity index (χ1v) is 11.0. The molecule has 2 aliphatic rings. The SMILES string of the molecule is [B]C(=C/C)/C=C(/NC(=O)N1c2nc(C(=O)N[C@@H](C)C(F)(F)F)ccc2N2CCC1C2)C(=C)CC. The van der Waals surface area contributed by atoms with E-state index < -0.39 is 24.2 Å². The number of nitrogens with zero attached hydrogens (tertiary/aromatic N) is 3. The maximum atomic E-state index is 13.4. The van der Waals surface area contributed by atoms with Gasteiger partial charge in [0.15, 0.2) is 5.82 Å². The second-order valence-corrected chi connectivity index (χ2v) is 8.27. The number of pyridine rings is 1. The number of halogens is 3. The Hall–Kier alpha value is -3.24. The van der Waals surface area contributed by atoms with E-state index in [0.717, 1.165) is 6.92 Å². The quantitative estimate of drug-likeness (QED) is 0.487. The van der Waals surface area contributed by atoms with Gasteiger partial charge in [-0.1, -0.05) is 25.1 Å². The molecule has 2 atom stereocenters. The Labute approximate surface area is 198 Å². The van der Waals surface area contributed by atoms with E-state index in [9.17, 15) is 22.8 Å². The van der Waals surface area contributed by atoms with Crippen molar-refractivity contribution in [2.75, 3.05) is 22.9 Å². The van der Waals surface area contributed by atoms with Gasteiger partial charge >= 0.3 is 12.2 Å². The van der Waals surface area contributed by atoms with Crippen molar-refractivity contribution in [1.82, 2.24) is 15.6 Å². The molecule has 34 heavy (non-hydrogen) atoms. The summed E-state index contributed by atoms with van der Waals surface area (Å²) in [6, 6.07) is 0.246. The van der Waals surface area contributed by atoms with Crippen LogP contribution >= 0.6 is 0 Å². The highest BCUT2D eigenvalue weighted by atomic mass is 19.4. The molecule has 3 heterocycles. The molecule has 0 aliphatic carbocycles. The van der Waals surface area contributed by atoms with Gasteiger partial charge in [-0.2, -0.15) is 13.2 Å². The second kappa shape index (κ2) is 9.94. The van der Waals surface area contributed by atoms with Crippen molar-refractivity contribution in [3.05, 3.63) is 53.3 Å². The van der Waals surface area contributed by atoms with Crippen molar-refractivity contribution < 1.29 is 22.8 Å². The predicted molar refractivity (Wildman–Crippen MR) is 126 cm³/mol. The highest BCUT2D eigenvalue weighted by Gasteiger charge is 2.41. The standard InChI is InChI=1S/C23H27BF3N5O2/c1-5-13(3)18(11-15(24)6-2)30-22(34)32-16-9-10-31(12-16)19-8-7-17(29-20(19)32)21(33)28-14(4)23(25,26)27/h6-8,11,14,16H,3,5,9-10,12H2,1-2,4H3,(H,28,33)(H,30,34)/b15-6+,18-11+/t14-,16?/m0/s1. The van der Waals surface area contributed by atoms with E-state index in [-0.39, 0.29) is 17.6 Å². The minimum absolute atomic E-state index is 0.206. The van der Waals surface area contributed by atoms with Gasteiger partial charge in [0.05, 0.1) is 11.7 Å². The summed E-state index contributed by atoms with van der Waals surface area (Å²) in [4.78, 5) is 33.7. The van der Waals surface area contributed by atoms with E-state index >= 15 is 0 Å². The number of urea groups is 1. The van der Waals surface area contributed by atoms with Crippen molar-refractivity contribution in [3.63, 3.8) is 0 Å². The molecule has 1 saturated heterocycles. The number of fused-ring (bicyclic) bond motifs is 4. The molecule has 1 fully saturated rings. The van der Waals surface area contributed by atoms with Gasteiger partial charge in [0.1, 0.15) is 19.6 Å². The summed E-state index contributed by atoms with van der Waals surface area (Å²) < 4.78 is 38.6. The number of anilines is 2. The highest BCUT2D eigenvalue weighted by molar-refractivity contribution is 6.23. The van der Waals surface area contributed by atoms with Crippen LogP contribution in [-0.2, 0) is 0 Å². The van der Waals surface area contributed by atoms with Gasteiger partial charge in [0.25, 0.3) is 5.91 Å². The fourth-order valence-electron chi connectivity index (χ4n) is 3.79. The second-order valence-electron chi connectivity index (χ2n) is 8.27. The molecule has 1 aromatic heterocycles. The maximum absolute atomic E-state index is 13.4. The van der Waals surface area contributed by atoms with Gasteiger partial charge in [-0.25, -0.2) is 9.78 Å². The molecule has 11 heteroatoms. The highest BCUT2D eigenvalue weighted by Crippen LogP contribution is 2.39. The topological polar surface area (TPSA) is 77.6 Å².